The molecule has 88 valence electrons. The van der Waals surface area contributed by atoms with Crippen LogP contribution in [-0.2, 0) is 6.42 Å². The van der Waals surface area contributed by atoms with Gasteiger partial charge in [0, 0.05) is 17.8 Å². The predicted octanol–water partition coefficient (Wildman–Crippen LogP) is 1.62. The van der Waals surface area contributed by atoms with E-state index < -0.39 is 0 Å². The standard InChI is InChI=1S/C13H20N2O/c1-2-11(8-16)15-13-6-3-9-7-10(14)4-5-12(9)13/h4-5,7,11,13,15-16H,2-3,6,8,14H2,1H3/t11-,13?/m1/s1. The minimum atomic E-state index is 0.202. The molecule has 0 bridgehead atoms. The van der Waals surface area contributed by atoms with E-state index in [1.807, 2.05) is 6.07 Å². The first-order chi connectivity index (χ1) is 7.74. The molecule has 16 heavy (non-hydrogen) atoms. The molecule has 0 aromatic heterocycles. The first-order valence-corrected chi connectivity index (χ1v) is 5.99. The minimum Gasteiger partial charge on any atom is -0.399 e. The van der Waals surface area contributed by atoms with E-state index in [-0.39, 0.29) is 12.6 Å². The van der Waals surface area contributed by atoms with Gasteiger partial charge in [-0.25, -0.2) is 0 Å². The van der Waals surface area contributed by atoms with Gasteiger partial charge in [0.2, 0.25) is 0 Å². The van der Waals surface area contributed by atoms with Crippen molar-refractivity contribution in [2.45, 2.75) is 38.3 Å². The van der Waals surface area contributed by atoms with Crippen molar-refractivity contribution in [2.75, 3.05) is 12.3 Å². The monoisotopic (exact) mass is 220 g/mol. The Kier molecular flexibility index (Phi) is 3.46. The van der Waals surface area contributed by atoms with Crippen molar-refractivity contribution in [1.82, 2.24) is 5.32 Å². The Hall–Kier alpha value is -1.06. The number of anilines is 1. The van der Waals surface area contributed by atoms with Crippen molar-refractivity contribution in [3.8, 4) is 0 Å². The van der Waals surface area contributed by atoms with Crippen LogP contribution in [0.4, 0.5) is 5.69 Å². The molecule has 3 heteroatoms. The van der Waals surface area contributed by atoms with Gasteiger partial charge in [0.1, 0.15) is 0 Å². The van der Waals surface area contributed by atoms with Gasteiger partial charge >= 0.3 is 0 Å². The lowest BCUT2D eigenvalue weighted by molar-refractivity contribution is 0.227. The maximum atomic E-state index is 9.20. The number of fused-ring (bicyclic) bond motifs is 1. The van der Waals surface area contributed by atoms with Gasteiger partial charge in [0.25, 0.3) is 0 Å². The Labute approximate surface area is 96.7 Å². The zero-order valence-corrected chi connectivity index (χ0v) is 9.74. The molecule has 1 aromatic rings. The van der Waals surface area contributed by atoms with Gasteiger partial charge < -0.3 is 16.2 Å². The summed E-state index contributed by atoms with van der Waals surface area (Å²) in [7, 11) is 0. The molecule has 0 amide bonds. The number of hydrogen-bond donors (Lipinski definition) is 3. The summed E-state index contributed by atoms with van der Waals surface area (Å²) in [6.45, 7) is 2.30. The average Bonchev–Trinajstić information content (AvgIpc) is 2.68. The van der Waals surface area contributed by atoms with Gasteiger partial charge in [-0.3, -0.25) is 0 Å². The lowest BCUT2D eigenvalue weighted by Crippen LogP contribution is -2.34. The zero-order valence-electron chi connectivity index (χ0n) is 9.74. The van der Waals surface area contributed by atoms with Crippen LogP contribution in [0, 0.1) is 0 Å². The van der Waals surface area contributed by atoms with Crippen molar-refractivity contribution >= 4 is 5.69 Å². The van der Waals surface area contributed by atoms with Crippen LogP contribution in [0.25, 0.3) is 0 Å². The third-order valence-electron chi connectivity index (χ3n) is 3.39. The third kappa shape index (κ3) is 2.20. The smallest absolute Gasteiger partial charge is 0.0584 e. The molecule has 0 radical (unpaired) electrons. The predicted molar refractivity (Wildman–Crippen MR) is 66.2 cm³/mol. The van der Waals surface area contributed by atoms with Crippen molar-refractivity contribution < 1.29 is 5.11 Å². The minimum absolute atomic E-state index is 0.202. The van der Waals surface area contributed by atoms with Crippen molar-refractivity contribution in [3.63, 3.8) is 0 Å². The SMILES string of the molecule is CC[C@H](CO)NC1CCc2cc(N)ccc21. The molecule has 0 heterocycles. The van der Waals surface area contributed by atoms with Gasteiger partial charge in [-0.05, 0) is 42.5 Å². The number of nitrogens with one attached hydrogen (secondary N) is 1. The van der Waals surface area contributed by atoms with E-state index in [1.165, 1.54) is 11.1 Å². The molecule has 1 unspecified atom stereocenters. The molecular weight excluding hydrogens is 200 g/mol. The molecule has 0 aliphatic heterocycles. The molecule has 1 aromatic carbocycles. The van der Waals surface area contributed by atoms with Crippen molar-refractivity contribution in [3.05, 3.63) is 29.3 Å². The van der Waals surface area contributed by atoms with E-state index in [1.54, 1.807) is 0 Å². The van der Waals surface area contributed by atoms with E-state index in [9.17, 15) is 5.11 Å². The summed E-state index contributed by atoms with van der Waals surface area (Å²) in [5.41, 5.74) is 9.31. The van der Waals surface area contributed by atoms with Crippen LogP contribution in [-0.4, -0.2) is 17.8 Å². The number of aryl methyl sites for hydroxylation is 1. The van der Waals surface area contributed by atoms with E-state index in [4.69, 9.17) is 5.73 Å². The van der Waals surface area contributed by atoms with Gasteiger partial charge in [-0.1, -0.05) is 13.0 Å². The molecule has 4 N–H and O–H groups in total. The number of hydrogen-bond acceptors (Lipinski definition) is 3. The van der Waals surface area contributed by atoms with Crippen LogP contribution in [0.15, 0.2) is 18.2 Å². The van der Waals surface area contributed by atoms with E-state index >= 15 is 0 Å². The second kappa shape index (κ2) is 4.85. The fourth-order valence-electron chi connectivity index (χ4n) is 2.39. The number of nitrogens with two attached hydrogens (primary N) is 1. The Balaban J connectivity index is 2.11. The van der Waals surface area contributed by atoms with Crippen LogP contribution in [0.1, 0.15) is 36.9 Å². The fraction of sp³-hybridized carbons (Fsp3) is 0.538. The molecule has 0 saturated heterocycles. The second-order valence-corrected chi connectivity index (χ2v) is 4.50. The van der Waals surface area contributed by atoms with Crippen LogP contribution in [0.2, 0.25) is 0 Å². The highest BCUT2D eigenvalue weighted by molar-refractivity contribution is 5.47. The zero-order chi connectivity index (χ0) is 11.5. The number of rotatable bonds is 4. The maximum Gasteiger partial charge on any atom is 0.0584 e. The summed E-state index contributed by atoms with van der Waals surface area (Å²) in [6.07, 6.45) is 3.15. The summed E-state index contributed by atoms with van der Waals surface area (Å²) in [6, 6.07) is 6.72. The molecule has 3 nitrogen and oxygen atoms in total. The normalized spacial score (nSPS) is 20.8. The number of benzene rings is 1. The first-order valence-electron chi connectivity index (χ1n) is 5.99. The molecule has 1 aliphatic rings. The Morgan fingerprint density at radius 3 is 3.06 bits per heavy atom. The molecule has 0 fully saturated rings. The third-order valence-corrected chi connectivity index (χ3v) is 3.39. The Morgan fingerprint density at radius 1 is 1.56 bits per heavy atom. The molecule has 1 aliphatic carbocycles. The van der Waals surface area contributed by atoms with E-state index in [0.29, 0.717) is 6.04 Å². The van der Waals surface area contributed by atoms with Crippen LogP contribution in [0.5, 0.6) is 0 Å². The first kappa shape index (κ1) is 11.4. The fourth-order valence-corrected chi connectivity index (χ4v) is 2.39. The van der Waals surface area contributed by atoms with Crippen LogP contribution >= 0.6 is 0 Å². The molecule has 0 spiro atoms. The Morgan fingerprint density at radius 2 is 2.38 bits per heavy atom. The highest BCUT2D eigenvalue weighted by atomic mass is 16.3. The quantitative estimate of drug-likeness (QED) is 0.676. The summed E-state index contributed by atoms with van der Waals surface area (Å²) >= 11 is 0. The number of aliphatic hydroxyl groups is 1. The highest BCUT2D eigenvalue weighted by Crippen LogP contribution is 2.32. The summed E-state index contributed by atoms with van der Waals surface area (Å²) in [4.78, 5) is 0. The van der Waals surface area contributed by atoms with Crippen LogP contribution < -0.4 is 11.1 Å². The van der Waals surface area contributed by atoms with E-state index in [0.717, 1.165) is 24.9 Å². The number of aliphatic hydroxyl groups excluding tert-OH is 1. The van der Waals surface area contributed by atoms with Crippen molar-refractivity contribution in [2.24, 2.45) is 0 Å². The molecular formula is C13H20N2O. The lowest BCUT2D eigenvalue weighted by Gasteiger charge is -2.20. The van der Waals surface area contributed by atoms with Crippen molar-refractivity contribution in [1.29, 1.82) is 0 Å². The molecule has 2 atom stereocenters. The summed E-state index contributed by atoms with van der Waals surface area (Å²) in [5.74, 6) is 0. The summed E-state index contributed by atoms with van der Waals surface area (Å²) < 4.78 is 0. The van der Waals surface area contributed by atoms with Gasteiger partial charge in [-0.15, -0.1) is 0 Å². The molecule has 2 rings (SSSR count). The molecule has 0 saturated carbocycles. The number of nitrogen functional groups attached to an aromatic ring is 1. The highest BCUT2D eigenvalue weighted by Gasteiger charge is 2.23. The second-order valence-electron chi connectivity index (χ2n) is 4.50. The van der Waals surface area contributed by atoms with E-state index in [2.05, 4.69) is 24.4 Å². The van der Waals surface area contributed by atoms with Gasteiger partial charge in [0.15, 0.2) is 0 Å². The average molecular weight is 220 g/mol. The van der Waals surface area contributed by atoms with Gasteiger partial charge in [-0.2, -0.15) is 0 Å². The van der Waals surface area contributed by atoms with Crippen LogP contribution in [0.3, 0.4) is 0 Å². The lowest BCUT2D eigenvalue weighted by atomic mass is 10.1. The topological polar surface area (TPSA) is 58.3 Å². The maximum absolute atomic E-state index is 9.20. The van der Waals surface area contributed by atoms with Gasteiger partial charge in [0.05, 0.1) is 6.61 Å². The Bertz CT molecular complexity index is 361. The largest absolute Gasteiger partial charge is 0.399 e. The summed E-state index contributed by atoms with van der Waals surface area (Å²) in [5, 5.41) is 12.7.